The lowest BCUT2D eigenvalue weighted by Gasteiger charge is -2.19. The maximum Gasteiger partial charge on any atom is 0.150 e. The summed E-state index contributed by atoms with van der Waals surface area (Å²) in [6.45, 7) is 6.46. The van der Waals surface area contributed by atoms with Crippen molar-refractivity contribution in [1.82, 2.24) is 0 Å². The van der Waals surface area contributed by atoms with Crippen LogP contribution in [0.4, 0.5) is 10.1 Å². The Bertz CT molecular complexity index is 570. The number of rotatable bonds is 2. The summed E-state index contributed by atoms with van der Waals surface area (Å²) in [5, 5.41) is 0. The minimum absolute atomic E-state index is 0.105. The van der Waals surface area contributed by atoms with Crippen LogP contribution in [0.3, 0.4) is 0 Å². The SMILES string of the molecule is CC(C)(C)c1ccc(Oc2ccc(F)cc2N)cc1. The minimum atomic E-state index is -0.368. The number of nitrogen functional groups attached to an aromatic ring is 1. The van der Waals surface area contributed by atoms with E-state index in [0.717, 1.165) is 0 Å². The molecular weight excluding hydrogens is 241 g/mol. The summed E-state index contributed by atoms with van der Waals surface area (Å²) in [7, 11) is 0. The lowest BCUT2D eigenvalue weighted by atomic mass is 9.87. The molecule has 0 radical (unpaired) electrons. The molecule has 0 saturated carbocycles. The summed E-state index contributed by atoms with van der Waals surface area (Å²) in [6, 6.07) is 11.9. The van der Waals surface area contributed by atoms with Gasteiger partial charge < -0.3 is 10.5 Å². The van der Waals surface area contributed by atoms with E-state index >= 15 is 0 Å². The summed E-state index contributed by atoms with van der Waals surface area (Å²) < 4.78 is 18.6. The van der Waals surface area contributed by atoms with Crippen LogP contribution in [0.1, 0.15) is 26.3 Å². The molecule has 0 unspecified atom stereocenters. The zero-order chi connectivity index (χ0) is 14.0. The number of benzene rings is 2. The highest BCUT2D eigenvalue weighted by molar-refractivity contribution is 5.54. The van der Waals surface area contributed by atoms with Crippen LogP contribution >= 0.6 is 0 Å². The zero-order valence-electron chi connectivity index (χ0n) is 11.4. The number of anilines is 1. The van der Waals surface area contributed by atoms with Crippen LogP contribution in [0.15, 0.2) is 42.5 Å². The second-order valence-corrected chi connectivity index (χ2v) is 5.56. The smallest absolute Gasteiger partial charge is 0.150 e. The second-order valence-electron chi connectivity index (χ2n) is 5.56. The van der Waals surface area contributed by atoms with Crippen LogP contribution in [0.5, 0.6) is 11.5 Å². The molecule has 0 heterocycles. The Balaban J connectivity index is 2.20. The Morgan fingerprint density at radius 1 is 1.00 bits per heavy atom. The highest BCUT2D eigenvalue weighted by atomic mass is 19.1. The Morgan fingerprint density at radius 3 is 2.16 bits per heavy atom. The number of ether oxygens (including phenoxy) is 1. The van der Waals surface area contributed by atoms with Gasteiger partial charge in [-0.1, -0.05) is 32.9 Å². The standard InChI is InChI=1S/C16H18FNO/c1-16(2,3)11-4-7-13(8-5-11)19-15-9-6-12(17)10-14(15)18/h4-10H,18H2,1-3H3. The van der Waals surface area contributed by atoms with Crippen molar-refractivity contribution < 1.29 is 9.13 Å². The van der Waals surface area contributed by atoms with E-state index in [4.69, 9.17) is 10.5 Å². The maximum atomic E-state index is 12.9. The van der Waals surface area contributed by atoms with Crippen molar-refractivity contribution in [2.75, 3.05) is 5.73 Å². The van der Waals surface area contributed by atoms with Crippen LogP contribution in [0.25, 0.3) is 0 Å². The fourth-order valence-electron chi connectivity index (χ4n) is 1.76. The number of hydrogen-bond donors (Lipinski definition) is 1. The molecular formula is C16H18FNO. The summed E-state index contributed by atoms with van der Waals surface area (Å²) >= 11 is 0. The predicted octanol–water partition coefficient (Wildman–Crippen LogP) is 4.50. The van der Waals surface area contributed by atoms with Crippen LogP contribution in [-0.2, 0) is 5.41 Å². The van der Waals surface area contributed by atoms with Crippen molar-refractivity contribution in [2.24, 2.45) is 0 Å². The maximum absolute atomic E-state index is 12.9. The number of halogens is 1. The zero-order valence-corrected chi connectivity index (χ0v) is 11.4. The molecule has 2 aromatic rings. The summed E-state index contributed by atoms with van der Waals surface area (Å²) in [6.07, 6.45) is 0. The molecule has 100 valence electrons. The first-order chi connectivity index (χ1) is 8.86. The van der Waals surface area contributed by atoms with E-state index < -0.39 is 0 Å². The van der Waals surface area contributed by atoms with Crippen LogP contribution < -0.4 is 10.5 Å². The fourth-order valence-corrected chi connectivity index (χ4v) is 1.76. The van der Waals surface area contributed by atoms with Crippen LogP contribution in [0, 0.1) is 5.82 Å². The van der Waals surface area contributed by atoms with Crippen molar-refractivity contribution in [3.63, 3.8) is 0 Å². The Hall–Kier alpha value is -2.03. The van der Waals surface area contributed by atoms with E-state index in [-0.39, 0.29) is 11.2 Å². The third kappa shape index (κ3) is 3.25. The van der Waals surface area contributed by atoms with Crippen LogP contribution in [-0.4, -0.2) is 0 Å². The molecule has 0 amide bonds. The molecule has 2 rings (SSSR count). The molecule has 0 aromatic heterocycles. The van der Waals surface area contributed by atoms with Gasteiger partial charge in [-0.25, -0.2) is 4.39 Å². The molecule has 19 heavy (non-hydrogen) atoms. The molecule has 2 aromatic carbocycles. The average Bonchev–Trinajstić information content (AvgIpc) is 2.32. The first kappa shape index (κ1) is 13.4. The molecule has 2 N–H and O–H groups in total. The molecule has 0 aliphatic heterocycles. The van der Waals surface area contributed by atoms with E-state index in [1.165, 1.54) is 23.8 Å². The van der Waals surface area contributed by atoms with E-state index in [1.54, 1.807) is 0 Å². The van der Waals surface area contributed by atoms with Gasteiger partial charge in [0.1, 0.15) is 11.6 Å². The van der Waals surface area contributed by atoms with E-state index in [2.05, 4.69) is 20.8 Å². The summed E-state index contributed by atoms with van der Waals surface area (Å²) in [4.78, 5) is 0. The van der Waals surface area contributed by atoms with Crippen molar-refractivity contribution in [2.45, 2.75) is 26.2 Å². The van der Waals surface area contributed by atoms with Gasteiger partial charge in [0.05, 0.1) is 5.69 Å². The van der Waals surface area contributed by atoms with Crippen LogP contribution in [0.2, 0.25) is 0 Å². The van der Waals surface area contributed by atoms with Gasteiger partial charge in [-0.3, -0.25) is 0 Å². The Kier molecular flexibility index (Phi) is 3.47. The molecule has 2 nitrogen and oxygen atoms in total. The summed E-state index contributed by atoms with van der Waals surface area (Å²) in [5.41, 5.74) is 7.33. The molecule has 0 bridgehead atoms. The Labute approximate surface area is 113 Å². The monoisotopic (exact) mass is 259 g/mol. The van der Waals surface area contributed by atoms with Gasteiger partial charge in [0.25, 0.3) is 0 Å². The number of nitrogens with two attached hydrogens (primary N) is 1. The van der Waals surface area contributed by atoms with E-state index in [9.17, 15) is 4.39 Å². The largest absolute Gasteiger partial charge is 0.455 e. The quantitative estimate of drug-likeness (QED) is 0.806. The van der Waals surface area contributed by atoms with E-state index in [0.29, 0.717) is 17.2 Å². The van der Waals surface area contributed by atoms with Gasteiger partial charge in [-0.2, -0.15) is 0 Å². The second kappa shape index (κ2) is 4.92. The van der Waals surface area contributed by atoms with Gasteiger partial charge >= 0.3 is 0 Å². The van der Waals surface area contributed by atoms with Crippen molar-refractivity contribution >= 4 is 5.69 Å². The third-order valence-electron chi connectivity index (χ3n) is 2.92. The van der Waals surface area contributed by atoms with Gasteiger partial charge in [-0.15, -0.1) is 0 Å². The molecule has 0 spiro atoms. The topological polar surface area (TPSA) is 35.2 Å². The minimum Gasteiger partial charge on any atom is -0.455 e. The third-order valence-corrected chi connectivity index (χ3v) is 2.92. The van der Waals surface area contributed by atoms with Crippen molar-refractivity contribution in [1.29, 1.82) is 0 Å². The predicted molar refractivity (Wildman–Crippen MR) is 76.0 cm³/mol. The molecule has 0 atom stereocenters. The highest BCUT2D eigenvalue weighted by Gasteiger charge is 2.13. The van der Waals surface area contributed by atoms with Gasteiger partial charge in [0, 0.05) is 6.07 Å². The first-order valence-electron chi connectivity index (χ1n) is 6.20. The normalized spacial score (nSPS) is 11.4. The first-order valence-corrected chi connectivity index (χ1v) is 6.20. The molecule has 3 heteroatoms. The summed E-state index contributed by atoms with van der Waals surface area (Å²) in [5.74, 6) is 0.782. The molecule has 0 aliphatic carbocycles. The van der Waals surface area contributed by atoms with Gasteiger partial charge in [0.2, 0.25) is 0 Å². The lowest BCUT2D eigenvalue weighted by molar-refractivity contribution is 0.482. The average molecular weight is 259 g/mol. The van der Waals surface area contributed by atoms with Crippen molar-refractivity contribution in [3.05, 3.63) is 53.8 Å². The Morgan fingerprint density at radius 2 is 1.63 bits per heavy atom. The highest BCUT2D eigenvalue weighted by Crippen LogP contribution is 2.30. The van der Waals surface area contributed by atoms with E-state index in [1.807, 2.05) is 24.3 Å². The fraction of sp³-hybridized carbons (Fsp3) is 0.250. The van der Waals surface area contributed by atoms with Gasteiger partial charge in [-0.05, 0) is 35.2 Å². The number of hydrogen-bond acceptors (Lipinski definition) is 2. The molecule has 0 aliphatic rings. The molecule has 0 fully saturated rings. The van der Waals surface area contributed by atoms with Gasteiger partial charge in [0.15, 0.2) is 5.75 Å². The van der Waals surface area contributed by atoms with Crippen molar-refractivity contribution in [3.8, 4) is 11.5 Å². The lowest BCUT2D eigenvalue weighted by Crippen LogP contribution is -2.10. The molecule has 0 saturated heterocycles.